The Bertz CT molecular complexity index is 618. The van der Waals surface area contributed by atoms with Crippen LogP contribution >= 0.6 is 11.3 Å². The van der Waals surface area contributed by atoms with E-state index in [0.29, 0.717) is 18.1 Å². The van der Waals surface area contributed by atoms with Gasteiger partial charge in [0.2, 0.25) is 5.91 Å². The molecular weight excluding hydrogens is 274 g/mol. The zero-order valence-electron chi connectivity index (χ0n) is 11.0. The molecule has 1 aliphatic carbocycles. The van der Waals surface area contributed by atoms with E-state index in [9.17, 15) is 4.79 Å². The molecule has 0 aromatic carbocycles. The summed E-state index contributed by atoms with van der Waals surface area (Å²) in [4.78, 5) is 18.4. The fourth-order valence-corrected chi connectivity index (χ4v) is 3.27. The van der Waals surface area contributed by atoms with Gasteiger partial charge in [-0.05, 0) is 30.2 Å². The molecule has 4 rings (SSSR count). The zero-order chi connectivity index (χ0) is 13.5. The summed E-state index contributed by atoms with van der Waals surface area (Å²) in [5.41, 5.74) is 0.952. The minimum Gasteiger partial charge on any atom is -0.342 e. The third kappa shape index (κ3) is 2.24. The van der Waals surface area contributed by atoms with E-state index < -0.39 is 0 Å². The van der Waals surface area contributed by atoms with Gasteiger partial charge in [-0.25, -0.2) is 0 Å². The molecule has 20 heavy (non-hydrogen) atoms. The molecule has 1 atom stereocenters. The minimum atomic E-state index is 0.0809. The molecule has 6 heteroatoms. The summed E-state index contributed by atoms with van der Waals surface area (Å²) >= 11 is 1.60. The van der Waals surface area contributed by atoms with Gasteiger partial charge in [0, 0.05) is 30.8 Å². The lowest BCUT2D eigenvalue weighted by Crippen LogP contribution is -2.27. The second-order valence-electron chi connectivity index (χ2n) is 5.61. The second kappa shape index (κ2) is 4.70. The number of carbonyl (C=O) groups is 1. The Morgan fingerprint density at radius 2 is 2.35 bits per heavy atom. The van der Waals surface area contributed by atoms with Crippen molar-refractivity contribution in [1.29, 1.82) is 0 Å². The van der Waals surface area contributed by atoms with Gasteiger partial charge in [0.15, 0.2) is 5.82 Å². The van der Waals surface area contributed by atoms with Crippen molar-refractivity contribution >= 4 is 17.2 Å². The van der Waals surface area contributed by atoms with Gasteiger partial charge in [-0.1, -0.05) is 5.16 Å². The van der Waals surface area contributed by atoms with Gasteiger partial charge >= 0.3 is 0 Å². The molecule has 0 bridgehead atoms. The maximum absolute atomic E-state index is 12.0. The molecule has 2 aliphatic rings. The molecule has 0 spiro atoms. The highest BCUT2D eigenvalue weighted by Crippen LogP contribution is 2.34. The van der Waals surface area contributed by atoms with Gasteiger partial charge in [-0.3, -0.25) is 4.79 Å². The maximum atomic E-state index is 12.0. The number of aromatic nitrogens is 2. The van der Waals surface area contributed by atoms with Crippen LogP contribution in [0.3, 0.4) is 0 Å². The van der Waals surface area contributed by atoms with E-state index in [0.717, 1.165) is 24.6 Å². The fourth-order valence-electron chi connectivity index (χ4n) is 2.64. The van der Waals surface area contributed by atoms with Crippen molar-refractivity contribution in [2.45, 2.75) is 25.2 Å². The van der Waals surface area contributed by atoms with Crippen LogP contribution in [-0.4, -0.2) is 34.0 Å². The number of hydrogen-bond donors (Lipinski definition) is 0. The van der Waals surface area contributed by atoms with Gasteiger partial charge < -0.3 is 9.42 Å². The SMILES string of the molecule is O=C1CC(c2noc(-c3ccsc3)n2)CN1CC1CC1. The largest absolute Gasteiger partial charge is 0.342 e. The fraction of sp³-hybridized carbons (Fsp3) is 0.500. The van der Waals surface area contributed by atoms with Crippen molar-refractivity contribution < 1.29 is 9.32 Å². The van der Waals surface area contributed by atoms with E-state index in [1.54, 1.807) is 11.3 Å². The summed E-state index contributed by atoms with van der Waals surface area (Å²) in [6.45, 7) is 1.64. The van der Waals surface area contributed by atoms with Crippen molar-refractivity contribution in [3.05, 3.63) is 22.7 Å². The second-order valence-corrected chi connectivity index (χ2v) is 6.39. The normalized spacial score (nSPS) is 22.7. The van der Waals surface area contributed by atoms with E-state index in [1.807, 2.05) is 21.7 Å². The molecule has 5 nitrogen and oxygen atoms in total. The number of hydrogen-bond acceptors (Lipinski definition) is 5. The van der Waals surface area contributed by atoms with Gasteiger partial charge in [0.25, 0.3) is 5.89 Å². The summed E-state index contributed by atoms with van der Waals surface area (Å²) in [6.07, 6.45) is 3.03. The summed E-state index contributed by atoms with van der Waals surface area (Å²) in [5, 5.41) is 8.02. The average molecular weight is 289 g/mol. The first-order valence-corrected chi connectivity index (χ1v) is 7.88. The summed E-state index contributed by atoms with van der Waals surface area (Å²) in [5.74, 6) is 2.25. The summed E-state index contributed by atoms with van der Waals surface area (Å²) in [6, 6.07) is 1.96. The average Bonchev–Trinajstić information content (AvgIpc) is 2.89. The lowest BCUT2D eigenvalue weighted by molar-refractivity contribution is -0.127. The van der Waals surface area contributed by atoms with Crippen LogP contribution in [0.5, 0.6) is 0 Å². The minimum absolute atomic E-state index is 0.0809. The molecule has 1 unspecified atom stereocenters. The van der Waals surface area contributed by atoms with Crippen molar-refractivity contribution in [3.63, 3.8) is 0 Å². The smallest absolute Gasteiger partial charge is 0.258 e. The highest BCUT2D eigenvalue weighted by Gasteiger charge is 2.36. The number of amides is 1. The highest BCUT2D eigenvalue weighted by molar-refractivity contribution is 7.08. The number of thiophene rings is 1. The third-order valence-electron chi connectivity index (χ3n) is 3.97. The first-order valence-electron chi connectivity index (χ1n) is 6.93. The molecule has 0 N–H and O–H groups in total. The van der Waals surface area contributed by atoms with E-state index in [4.69, 9.17) is 4.52 Å². The highest BCUT2D eigenvalue weighted by atomic mass is 32.1. The topological polar surface area (TPSA) is 59.2 Å². The van der Waals surface area contributed by atoms with Crippen LogP contribution in [0.4, 0.5) is 0 Å². The van der Waals surface area contributed by atoms with Gasteiger partial charge in [-0.2, -0.15) is 16.3 Å². The van der Waals surface area contributed by atoms with E-state index in [1.165, 1.54) is 12.8 Å². The van der Waals surface area contributed by atoms with Gasteiger partial charge in [-0.15, -0.1) is 0 Å². The molecule has 2 aromatic rings. The van der Waals surface area contributed by atoms with E-state index >= 15 is 0 Å². The Morgan fingerprint density at radius 1 is 1.45 bits per heavy atom. The molecule has 0 radical (unpaired) electrons. The number of carbonyl (C=O) groups excluding carboxylic acids is 1. The standard InChI is InChI=1S/C14H15N3O2S/c18-12-5-11(7-17(12)6-9-1-2-9)13-15-14(19-16-13)10-3-4-20-8-10/h3-4,8-9,11H,1-2,5-7H2. The maximum Gasteiger partial charge on any atom is 0.258 e. The molecule has 1 saturated heterocycles. The Balaban J connectivity index is 1.49. The lowest BCUT2D eigenvalue weighted by Gasteiger charge is -2.14. The predicted molar refractivity (Wildman–Crippen MR) is 74.3 cm³/mol. The molecule has 104 valence electrons. The molecule has 1 saturated carbocycles. The third-order valence-corrected chi connectivity index (χ3v) is 4.65. The molecule has 2 aromatic heterocycles. The van der Waals surface area contributed by atoms with Crippen molar-refractivity contribution in [1.82, 2.24) is 15.0 Å². The van der Waals surface area contributed by atoms with Crippen molar-refractivity contribution in [2.24, 2.45) is 5.92 Å². The number of likely N-dealkylation sites (tertiary alicyclic amines) is 1. The Kier molecular flexibility index (Phi) is 2.84. The molecule has 3 heterocycles. The van der Waals surface area contributed by atoms with Crippen LogP contribution in [0, 0.1) is 5.92 Å². The molecule has 1 amide bonds. The first-order chi connectivity index (χ1) is 9.79. The first kappa shape index (κ1) is 12.1. The Hall–Kier alpha value is -1.69. The Morgan fingerprint density at radius 3 is 3.10 bits per heavy atom. The molecule has 1 aliphatic heterocycles. The summed E-state index contributed by atoms with van der Waals surface area (Å²) in [7, 11) is 0. The number of rotatable bonds is 4. The molecule has 2 fully saturated rings. The van der Waals surface area contributed by atoms with Gasteiger partial charge in [0.05, 0.1) is 5.56 Å². The van der Waals surface area contributed by atoms with Gasteiger partial charge in [0.1, 0.15) is 0 Å². The van der Waals surface area contributed by atoms with E-state index in [2.05, 4.69) is 10.1 Å². The van der Waals surface area contributed by atoms with Crippen LogP contribution in [0.2, 0.25) is 0 Å². The predicted octanol–water partition coefficient (Wildman–Crippen LogP) is 2.52. The van der Waals surface area contributed by atoms with E-state index in [-0.39, 0.29) is 11.8 Å². The monoisotopic (exact) mass is 289 g/mol. The van der Waals surface area contributed by atoms with Crippen molar-refractivity contribution in [2.75, 3.05) is 13.1 Å². The van der Waals surface area contributed by atoms with Crippen LogP contribution in [0.25, 0.3) is 11.5 Å². The van der Waals surface area contributed by atoms with Crippen LogP contribution < -0.4 is 0 Å². The lowest BCUT2D eigenvalue weighted by atomic mass is 10.1. The zero-order valence-corrected chi connectivity index (χ0v) is 11.8. The molecular formula is C14H15N3O2S. The number of nitrogens with zero attached hydrogens (tertiary/aromatic N) is 3. The van der Waals surface area contributed by atoms with Crippen LogP contribution in [0.1, 0.15) is 31.0 Å². The van der Waals surface area contributed by atoms with Crippen LogP contribution in [-0.2, 0) is 4.79 Å². The van der Waals surface area contributed by atoms with Crippen LogP contribution in [0.15, 0.2) is 21.3 Å². The Labute approximate surface area is 120 Å². The summed E-state index contributed by atoms with van der Waals surface area (Å²) < 4.78 is 5.30. The van der Waals surface area contributed by atoms with Crippen molar-refractivity contribution in [3.8, 4) is 11.5 Å². The quantitative estimate of drug-likeness (QED) is 0.867.